The number of aliphatic hydroxyl groups excluding tert-OH is 2. The third-order valence-corrected chi connectivity index (χ3v) is 2.53. The monoisotopic (exact) mass is 176 g/mol. The van der Waals surface area contributed by atoms with Gasteiger partial charge in [0.05, 0.1) is 25.9 Å². The number of hydrogen-bond donors (Lipinski definition) is 2. The van der Waals surface area contributed by atoms with E-state index in [1.807, 2.05) is 6.92 Å². The minimum atomic E-state index is -0.747. The number of ether oxygens (including phenoxy) is 2. The second-order valence-corrected chi connectivity index (χ2v) is 3.23. The summed E-state index contributed by atoms with van der Waals surface area (Å²) in [6.45, 7) is 2.94. The second-order valence-electron chi connectivity index (χ2n) is 3.23. The number of rotatable bonds is 3. The van der Waals surface area contributed by atoms with Crippen molar-refractivity contribution in [2.45, 2.75) is 19.4 Å². The first-order valence-corrected chi connectivity index (χ1v) is 4.19. The molecule has 0 amide bonds. The highest BCUT2D eigenvalue weighted by Crippen LogP contribution is 2.30. The van der Waals surface area contributed by atoms with Crippen LogP contribution >= 0.6 is 0 Å². The highest BCUT2D eigenvalue weighted by molar-refractivity contribution is 4.86. The zero-order chi connectivity index (χ0) is 9.03. The Morgan fingerprint density at radius 1 is 1.42 bits per heavy atom. The molecule has 0 aromatic carbocycles. The smallest absolute Gasteiger partial charge is 0.146 e. The molecule has 0 spiro atoms. The molecule has 4 nitrogen and oxygen atoms in total. The molecule has 1 atom stereocenters. The first-order chi connectivity index (χ1) is 5.75. The van der Waals surface area contributed by atoms with Crippen LogP contribution in [-0.4, -0.2) is 42.9 Å². The van der Waals surface area contributed by atoms with Gasteiger partial charge in [-0.2, -0.15) is 0 Å². The van der Waals surface area contributed by atoms with Crippen molar-refractivity contribution in [3.05, 3.63) is 0 Å². The Morgan fingerprint density at radius 3 is 2.42 bits per heavy atom. The van der Waals surface area contributed by atoms with Crippen molar-refractivity contribution in [3.63, 3.8) is 0 Å². The Morgan fingerprint density at radius 2 is 2.00 bits per heavy atom. The molecular weight excluding hydrogens is 160 g/mol. The van der Waals surface area contributed by atoms with Crippen LogP contribution in [0.15, 0.2) is 0 Å². The fourth-order valence-electron chi connectivity index (χ4n) is 1.42. The van der Waals surface area contributed by atoms with Gasteiger partial charge in [-0.05, 0) is 6.42 Å². The molecule has 0 aromatic heterocycles. The first-order valence-electron chi connectivity index (χ1n) is 4.19. The van der Waals surface area contributed by atoms with Gasteiger partial charge in [-0.25, -0.2) is 0 Å². The second kappa shape index (κ2) is 4.18. The molecule has 1 heterocycles. The molecule has 12 heavy (non-hydrogen) atoms. The summed E-state index contributed by atoms with van der Waals surface area (Å²) in [5, 5.41) is 18.3. The lowest BCUT2D eigenvalue weighted by Gasteiger charge is -2.38. The van der Waals surface area contributed by atoms with E-state index in [9.17, 15) is 5.11 Å². The van der Waals surface area contributed by atoms with Gasteiger partial charge in [0.25, 0.3) is 0 Å². The Kier molecular flexibility index (Phi) is 3.46. The van der Waals surface area contributed by atoms with Gasteiger partial charge in [-0.1, -0.05) is 6.92 Å². The van der Waals surface area contributed by atoms with Crippen LogP contribution in [0.3, 0.4) is 0 Å². The minimum absolute atomic E-state index is 0.236. The molecule has 0 radical (unpaired) electrons. The molecule has 0 bridgehead atoms. The summed E-state index contributed by atoms with van der Waals surface area (Å²) in [5.41, 5.74) is -0.410. The maximum absolute atomic E-state index is 9.52. The van der Waals surface area contributed by atoms with Gasteiger partial charge in [-0.15, -0.1) is 0 Å². The SMILES string of the molecule is CCC1(C(O)CO)COCOC1. The van der Waals surface area contributed by atoms with Gasteiger partial charge in [0, 0.05) is 5.41 Å². The molecule has 1 saturated heterocycles. The van der Waals surface area contributed by atoms with Crippen LogP contribution in [0.2, 0.25) is 0 Å². The average Bonchev–Trinajstić information content (AvgIpc) is 2.17. The highest BCUT2D eigenvalue weighted by Gasteiger charge is 2.38. The van der Waals surface area contributed by atoms with E-state index in [1.54, 1.807) is 0 Å². The van der Waals surface area contributed by atoms with Crippen LogP contribution in [0.5, 0.6) is 0 Å². The van der Waals surface area contributed by atoms with Crippen LogP contribution in [-0.2, 0) is 9.47 Å². The molecule has 2 N–H and O–H groups in total. The van der Waals surface area contributed by atoms with Crippen LogP contribution in [0.25, 0.3) is 0 Å². The van der Waals surface area contributed by atoms with Crippen molar-refractivity contribution in [2.24, 2.45) is 5.41 Å². The molecule has 1 unspecified atom stereocenters. The van der Waals surface area contributed by atoms with Gasteiger partial charge >= 0.3 is 0 Å². The third kappa shape index (κ3) is 1.77. The molecule has 1 aliphatic rings. The van der Waals surface area contributed by atoms with Gasteiger partial charge in [0.2, 0.25) is 0 Å². The zero-order valence-electron chi connectivity index (χ0n) is 7.32. The van der Waals surface area contributed by atoms with Crippen LogP contribution in [0.4, 0.5) is 0 Å². The van der Waals surface area contributed by atoms with E-state index in [0.29, 0.717) is 20.0 Å². The van der Waals surface area contributed by atoms with Crippen LogP contribution in [0, 0.1) is 5.41 Å². The van der Waals surface area contributed by atoms with Gasteiger partial charge in [-0.3, -0.25) is 0 Å². The summed E-state index contributed by atoms with van der Waals surface area (Å²) in [6, 6.07) is 0. The molecule has 1 rings (SSSR count). The zero-order valence-corrected chi connectivity index (χ0v) is 7.32. The molecule has 1 aliphatic heterocycles. The van der Waals surface area contributed by atoms with Crippen molar-refractivity contribution >= 4 is 0 Å². The summed E-state index contributed by atoms with van der Waals surface area (Å²) in [4.78, 5) is 0. The molecule has 4 heteroatoms. The number of hydrogen-bond acceptors (Lipinski definition) is 4. The van der Waals surface area contributed by atoms with Gasteiger partial charge in [0.15, 0.2) is 0 Å². The van der Waals surface area contributed by atoms with Crippen molar-refractivity contribution in [3.8, 4) is 0 Å². The van der Waals surface area contributed by atoms with E-state index >= 15 is 0 Å². The largest absolute Gasteiger partial charge is 0.394 e. The fourth-order valence-corrected chi connectivity index (χ4v) is 1.42. The predicted molar refractivity (Wildman–Crippen MR) is 42.6 cm³/mol. The van der Waals surface area contributed by atoms with Crippen molar-refractivity contribution in [1.82, 2.24) is 0 Å². The average molecular weight is 176 g/mol. The van der Waals surface area contributed by atoms with E-state index in [4.69, 9.17) is 14.6 Å². The van der Waals surface area contributed by atoms with Crippen molar-refractivity contribution in [2.75, 3.05) is 26.6 Å². The third-order valence-electron chi connectivity index (χ3n) is 2.53. The number of aliphatic hydroxyl groups is 2. The summed E-state index contributed by atoms with van der Waals surface area (Å²) < 4.78 is 10.2. The normalized spacial score (nSPS) is 25.2. The minimum Gasteiger partial charge on any atom is -0.394 e. The lowest BCUT2D eigenvalue weighted by atomic mass is 9.81. The van der Waals surface area contributed by atoms with Crippen LogP contribution in [0.1, 0.15) is 13.3 Å². The predicted octanol–water partition coefficient (Wildman–Crippen LogP) is -0.260. The van der Waals surface area contributed by atoms with E-state index in [-0.39, 0.29) is 6.61 Å². The summed E-state index contributed by atoms with van der Waals surface area (Å²) >= 11 is 0. The summed E-state index contributed by atoms with van der Waals surface area (Å²) in [5.74, 6) is 0. The maximum Gasteiger partial charge on any atom is 0.146 e. The Hall–Kier alpha value is -0.160. The molecule has 0 aliphatic carbocycles. The maximum atomic E-state index is 9.52. The van der Waals surface area contributed by atoms with E-state index in [2.05, 4.69) is 0 Å². The quantitative estimate of drug-likeness (QED) is 0.622. The van der Waals surface area contributed by atoms with Crippen molar-refractivity contribution in [1.29, 1.82) is 0 Å². The molecule has 0 aromatic rings. The molecule has 1 fully saturated rings. The summed E-state index contributed by atoms with van der Waals surface area (Å²) in [6.07, 6.45) is -0.00264. The molecule has 0 saturated carbocycles. The highest BCUT2D eigenvalue weighted by atomic mass is 16.7. The van der Waals surface area contributed by atoms with E-state index < -0.39 is 11.5 Å². The Bertz CT molecular complexity index is 131. The lowest BCUT2D eigenvalue weighted by Crippen LogP contribution is -2.47. The Labute approximate surface area is 72.1 Å². The molecular formula is C8H16O4. The molecule has 72 valence electrons. The van der Waals surface area contributed by atoms with E-state index in [0.717, 1.165) is 6.42 Å². The van der Waals surface area contributed by atoms with Crippen LogP contribution < -0.4 is 0 Å². The first kappa shape index (κ1) is 9.92. The van der Waals surface area contributed by atoms with E-state index in [1.165, 1.54) is 0 Å². The van der Waals surface area contributed by atoms with Gasteiger partial charge in [0.1, 0.15) is 6.79 Å². The Balaban J connectivity index is 2.59. The topological polar surface area (TPSA) is 58.9 Å². The summed E-state index contributed by atoms with van der Waals surface area (Å²) in [7, 11) is 0. The lowest BCUT2D eigenvalue weighted by molar-refractivity contribution is -0.201. The standard InChI is InChI=1S/C8H16O4/c1-2-8(7(10)3-9)4-11-6-12-5-8/h7,9-10H,2-6H2,1H3. The van der Waals surface area contributed by atoms with Crippen molar-refractivity contribution < 1.29 is 19.7 Å². The fraction of sp³-hybridized carbons (Fsp3) is 1.00. The van der Waals surface area contributed by atoms with Gasteiger partial charge < -0.3 is 19.7 Å².